The molecular weight excluding hydrogens is 353 g/mol. The number of benzene rings is 2. The first-order valence-corrected chi connectivity index (χ1v) is 10.6. The molecule has 0 unspecified atom stereocenters. The van der Waals surface area contributed by atoms with Crippen molar-refractivity contribution in [3.05, 3.63) is 65.5 Å². The molecule has 4 rings (SSSR count). The molecule has 0 bridgehead atoms. The smallest absolute Gasteiger partial charge is 0.218 e. The Morgan fingerprint density at radius 3 is 2.58 bits per heavy atom. The predicted octanol–water partition coefficient (Wildman–Crippen LogP) is 3.52. The molecule has 2 aliphatic heterocycles. The lowest BCUT2D eigenvalue weighted by Crippen LogP contribution is -2.51. The largest absolute Gasteiger partial charge is 0.487 e. The van der Waals surface area contributed by atoms with E-state index in [1.165, 1.54) is 22.0 Å². The lowest BCUT2D eigenvalue weighted by molar-refractivity contribution is 0.00179. The van der Waals surface area contributed by atoms with Crippen molar-refractivity contribution in [1.82, 2.24) is 4.31 Å². The molecular formula is C20H22FNO3S. The Labute approximate surface area is 153 Å². The molecule has 2 aromatic rings. The van der Waals surface area contributed by atoms with E-state index in [2.05, 4.69) is 6.07 Å². The van der Waals surface area contributed by atoms with Gasteiger partial charge in [-0.2, -0.15) is 0 Å². The molecule has 0 aromatic heterocycles. The van der Waals surface area contributed by atoms with E-state index in [9.17, 15) is 12.8 Å². The molecule has 0 amide bonds. The second-order valence-corrected chi connectivity index (χ2v) is 9.15. The molecule has 2 aliphatic rings. The average molecular weight is 375 g/mol. The Hall–Kier alpha value is -1.92. The molecule has 1 saturated heterocycles. The molecule has 1 fully saturated rings. The maximum Gasteiger partial charge on any atom is 0.218 e. The average Bonchev–Trinajstić information content (AvgIpc) is 2.62. The van der Waals surface area contributed by atoms with Crippen molar-refractivity contribution in [2.75, 3.05) is 13.1 Å². The number of para-hydroxylation sites is 1. The van der Waals surface area contributed by atoms with Crippen molar-refractivity contribution in [3.8, 4) is 5.75 Å². The van der Waals surface area contributed by atoms with Gasteiger partial charge in [0, 0.05) is 25.9 Å². The second kappa shape index (κ2) is 6.67. The molecule has 2 heterocycles. The molecule has 0 atom stereocenters. The standard InChI is InChI=1S/C20H22FNO3S/c21-18-6-3-4-16(14-18)15-26(23,24)22-12-10-20(11-13-22)9-8-17-5-1-2-7-19(17)25-20/h1-7,14H,8-13,15H2. The summed E-state index contributed by atoms with van der Waals surface area (Å²) in [4.78, 5) is 0. The second-order valence-electron chi connectivity index (χ2n) is 7.18. The molecule has 1 spiro atoms. The van der Waals surface area contributed by atoms with E-state index in [0.29, 0.717) is 31.5 Å². The first kappa shape index (κ1) is 17.5. The zero-order chi connectivity index (χ0) is 18.2. The van der Waals surface area contributed by atoms with Crippen LogP contribution < -0.4 is 4.74 Å². The molecule has 138 valence electrons. The summed E-state index contributed by atoms with van der Waals surface area (Å²) in [5.41, 5.74) is 1.44. The van der Waals surface area contributed by atoms with Crippen LogP contribution in [-0.2, 0) is 22.2 Å². The third-order valence-corrected chi connectivity index (χ3v) is 7.26. The van der Waals surface area contributed by atoms with Crippen LogP contribution in [0.15, 0.2) is 48.5 Å². The van der Waals surface area contributed by atoms with E-state index >= 15 is 0 Å². The number of rotatable bonds is 3. The van der Waals surface area contributed by atoms with Crippen LogP contribution >= 0.6 is 0 Å². The van der Waals surface area contributed by atoms with Gasteiger partial charge in [-0.3, -0.25) is 0 Å². The Morgan fingerprint density at radius 2 is 1.81 bits per heavy atom. The fourth-order valence-electron chi connectivity index (χ4n) is 3.91. The number of fused-ring (bicyclic) bond motifs is 1. The van der Waals surface area contributed by atoms with E-state index in [1.54, 1.807) is 12.1 Å². The summed E-state index contributed by atoms with van der Waals surface area (Å²) in [7, 11) is -3.46. The lowest BCUT2D eigenvalue weighted by atomic mass is 9.84. The minimum atomic E-state index is -3.46. The van der Waals surface area contributed by atoms with E-state index in [0.717, 1.165) is 18.6 Å². The van der Waals surface area contributed by atoms with E-state index in [-0.39, 0.29) is 11.4 Å². The van der Waals surface area contributed by atoms with Crippen molar-refractivity contribution < 1.29 is 17.5 Å². The van der Waals surface area contributed by atoms with Crippen molar-refractivity contribution in [3.63, 3.8) is 0 Å². The summed E-state index contributed by atoms with van der Waals surface area (Å²) in [5, 5.41) is 0. The van der Waals surface area contributed by atoms with Gasteiger partial charge >= 0.3 is 0 Å². The summed E-state index contributed by atoms with van der Waals surface area (Å²) in [6.45, 7) is 0.889. The number of aryl methyl sites for hydroxylation is 1. The summed E-state index contributed by atoms with van der Waals surface area (Å²) >= 11 is 0. The third-order valence-electron chi connectivity index (χ3n) is 5.41. The molecule has 0 aliphatic carbocycles. The van der Waals surface area contributed by atoms with Gasteiger partial charge < -0.3 is 4.74 Å². The minimum absolute atomic E-state index is 0.165. The number of piperidine rings is 1. The zero-order valence-corrected chi connectivity index (χ0v) is 15.3. The highest BCUT2D eigenvalue weighted by Gasteiger charge is 2.41. The maximum absolute atomic E-state index is 13.3. The van der Waals surface area contributed by atoms with Crippen LogP contribution in [0.5, 0.6) is 5.75 Å². The van der Waals surface area contributed by atoms with Crippen LogP contribution in [-0.4, -0.2) is 31.4 Å². The molecule has 26 heavy (non-hydrogen) atoms. The summed E-state index contributed by atoms with van der Waals surface area (Å²) in [6, 6.07) is 13.8. The zero-order valence-electron chi connectivity index (χ0n) is 14.5. The molecule has 4 nitrogen and oxygen atoms in total. The summed E-state index contributed by atoms with van der Waals surface area (Å²) in [5.74, 6) is 0.348. The SMILES string of the molecule is O=S(=O)(Cc1cccc(F)c1)N1CCC2(CCc3ccccc3O2)CC1. The van der Waals surface area contributed by atoms with Gasteiger partial charge in [-0.1, -0.05) is 30.3 Å². The molecule has 0 radical (unpaired) electrons. The van der Waals surface area contributed by atoms with Crippen LogP contribution in [0.2, 0.25) is 0 Å². The molecule has 0 N–H and O–H groups in total. The van der Waals surface area contributed by atoms with Gasteiger partial charge in [0.15, 0.2) is 0 Å². The van der Waals surface area contributed by atoms with Crippen molar-refractivity contribution in [2.45, 2.75) is 37.0 Å². The fraction of sp³-hybridized carbons (Fsp3) is 0.400. The highest BCUT2D eigenvalue weighted by Crippen LogP contribution is 2.39. The highest BCUT2D eigenvalue weighted by molar-refractivity contribution is 7.88. The van der Waals surface area contributed by atoms with Crippen LogP contribution in [0, 0.1) is 5.82 Å². The number of halogens is 1. The van der Waals surface area contributed by atoms with Crippen molar-refractivity contribution >= 4 is 10.0 Å². The van der Waals surface area contributed by atoms with Gasteiger partial charge in [0.05, 0.1) is 5.75 Å². The number of hydrogen-bond acceptors (Lipinski definition) is 3. The molecule has 6 heteroatoms. The Kier molecular flexibility index (Phi) is 4.49. The third kappa shape index (κ3) is 3.48. The quantitative estimate of drug-likeness (QED) is 0.825. The normalized spacial score (nSPS) is 19.7. The van der Waals surface area contributed by atoms with Crippen molar-refractivity contribution in [1.29, 1.82) is 0 Å². The summed E-state index contributed by atoms with van der Waals surface area (Å²) < 4.78 is 46.5. The van der Waals surface area contributed by atoms with Crippen LogP contribution in [0.25, 0.3) is 0 Å². The van der Waals surface area contributed by atoms with Gasteiger partial charge in [0.2, 0.25) is 10.0 Å². The molecule has 2 aromatic carbocycles. The number of ether oxygens (including phenoxy) is 1. The Morgan fingerprint density at radius 1 is 1.04 bits per heavy atom. The monoisotopic (exact) mass is 375 g/mol. The van der Waals surface area contributed by atoms with E-state index < -0.39 is 15.8 Å². The number of sulfonamides is 1. The van der Waals surface area contributed by atoms with Crippen LogP contribution in [0.1, 0.15) is 30.4 Å². The first-order chi connectivity index (χ1) is 12.5. The van der Waals surface area contributed by atoms with Gasteiger partial charge in [-0.25, -0.2) is 17.1 Å². The summed E-state index contributed by atoms with van der Waals surface area (Å²) in [6.07, 6.45) is 3.25. The van der Waals surface area contributed by atoms with E-state index in [4.69, 9.17) is 4.74 Å². The highest BCUT2D eigenvalue weighted by atomic mass is 32.2. The maximum atomic E-state index is 13.3. The number of hydrogen-bond donors (Lipinski definition) is 0. The van der Waals surface area contributed by atoms with Crippen LogP contribution in [0.4, 0.5) is 4.39 Å². The topological polar surface area (TPSA) is 46.6 Å². The van der Waals surface area contributed by atoms with Gasteiger partial charge in [0.25, 0.3) is 0 Å². The molecule has 0 saturated carbocycles. The fourth-order valence-corrected chi connectivity index (χ4v) is 5.43. The minimum Gasteiger partial charge on any atom is -0.487 e. The van der Waals surface area contributed by atoms with Crippen molar-refractivity contribution in [2.24, 2.45) is 0 Å². The Balaban J connectivity index is 1.43. The van der Waals surface area contributed by atoms with Gasteiger partial charge in [-0.15, -0.1) is 0 Å². The van der Waals surface area contributed by atoms with Gasteiger partial charge in [0.1, 0.15) is 17.2 Å². The lowest BCUT2D eigenvalue weighted by Gasteiger charge is -2.44. The first-order valence-electron chi connectivity index (χ1n) is 8.95. The van der Waals surface area contributed by atoms with E-state index in [1.807, 2.05) is 18.2 Å². The van der Waals surface area contributed by atoms with Gasteiger partial charge in [-0.05, 0) is 42.2 Å². The Bertz CT molecular complexity index is 905. The predicted molar refractivity (Wildman–Crippen MR) is 98.0 cm³/mol. The van der Waals surface area contributed by atoms with Crippen LogP contribution in [0.3, 0.4) is 0 Å². The number of nitrogens with zero attached hydrogens (tertiary/aromatic N) is 1.